The van der Waals surface area contributed by atoms with Crippen molar-refractivity contribution >= 4 is 43.8 Å². The third kappa shape index (κ3) is 8.91. The molecule has 0 nitrogen and oxygen atoms in total. The molecule has 8 rings (SSSR count). The zero-order valence-corrected chi connectivity index (χ0v) is 44.4. The number of allylic oxidation sites excluding steroid dienone is 2. The topological polar surface area (TPSA) is 0 Å². The predicted octanol–water partition coefficient (Wildman–Crippen LogP) is 17.1. The summed E-state index contributed by atoms with van der Waals surface area (Å²) < 4.78 is 6.86. The summed E-state index contributed by atoms with van der Waals surface area (Å²) in [5.74, 6) is 0. The van der Waals surface area contributed by atoms with Crippen molar-refractivity contribution in [3.05, 3.63) is 129 Å². The monoisotopic (exact) mass is 936 g/mol. The predicted molar refractivity (Wildman–Crippen MR) is 269 cm³/mol. The maximum atomic E-state index is 2.92. The zero-order valence-electron chi connectivity index (χ0n) is 38.9. The molecule has 0 spiro atoms. The maximum Gasteiger partial charge on any atom is -0.147 e. The molecule has 0 heterocycles. The molecule has 4 aromatic rings. The summed E-state index contributed by atoms with van der Waals surface area (Å²) in [5.41, 5.74) is 19.4. The van der Waals surface area contributed by atoms with Crippen molar-refractivity contribution < 1.29 is 17.4 Å². The second-order valence-corrected chi connectivity index (χ2v) is 54.0. The Bertz CT molecular complexity index is 2190. The third-order valence-corrected chi connectivity index (χ3v) is 33.1. The molecule has 322 valence electrons. The van der Waals surface area contributed by atoms with E-state index in [1.807, 2.05) is 0 Å². The molecule has 0 saturated heterocycles. The largest absolute Gasteiger partial charge is 0.147 e. The third-order valence-electron chi connectivity index (χ3n) is 15.6. The minimum absolute atomic E-state index is 0. The quantitative estimate of drug-likeness (QED) is 0.154. The van der Waals surface area contributed by atoms with Gasteiger partial charge in [0.1, 0.15) is 0 Å². The average molecular weight is 939 g/mol. The van der Waals surface area contributed by atoms with E-state index in [-0.39, 0.29) is 35.6 Å². The number of halogens is 2. The van der Waals surface area contributed by atoms with Crippen molar-refractivity contribution in [3.63, 3.8) is 0 Å². The van der Waals surface area contributed by atoms with E-state index < -0.39 is 17.4 Å². The van der Waals surface area contributed by atoms with E-state index in [9.17, 15) is 0 Å². The van der Waals surface area contributed by atoms with Gasteiger partial charge in [-0.05, 0) is 0 Å². The van der Waals surface area contributed by atoms with E-state index in [4.69, 9.17) is 0 Å². The number of rotatable bonds is 8. The molecule has 4 heteroatoms. The van der Waals surface area contributed by atoms with Gasteiger partial charge in [-0.3, -0.25) is 0 Å². The molecule has 4 aliphatic carbocycles. The van der Waals surface area contributed by atoms with Crippen LogP contribution in [0, 0.1) is 10.8 Å². The molecular formula is C56H76Cl2SiZr. The molecule has 0 aromatic heterocycles. The molecule has 60 heavy (non-hydrogen) atoms. The first kappa shape index (κ1) is 47.5. The molecule has 2 saturated carbocycles. The van der Waals surface area contributed by atoms with Crippen LogP contribution in [0.15, 0.2) is 96.1 Å². The van der Waals surface area contributed by atoms with Crippen molar-refractivity contribution in [1.29, 1.82) is 0 Å². The van der Waals surface area contributed by atoms with Gasteiger partial charge in [-0.1, -0.05) is 0 Å². The molecule has 0 radical (unpaired) electrons. The second-order valence-electron chi connectivity index (χ2n) is 23.5. The number of hydrogen-bond acceptors (Lipinski definition) is 0. The van der Waals surface area contributed by atoms with Gasteiger partial charge in [0.05, 0.1) is 0 Å². The second kappa shape index (κ2) is 17.2. The van der Waals surface area contributed by atoms with E-state index in [1.54, 1.807) is 22.3 Å². The maximum absolute atomic E-state index is 3.99. The van der Waals surface area contributed by atoms with Crippen LogP contribution in [-0.4, -0.2) is 6.88 Å². The van der Waals surface area contributed by atoms with E-state index in [0.717, 1.165) is 0 Å². The summed E-state index contributed by atoms with van der Waals surface area (Å²) in [5, 5.41) is 0. The van der Waals surface area contributed by atoms with Gasteiger partial charge in [0.25, 0.3) is 0 Å². The van der Waals surface area contributed by atoms with Crippen LogP contribution in [0.5, 0.6) is 0 Å². The van der Waals surface area contributed by atoms with Crippen molar-refractivity contribution in [3.8, 4) is 22.3 Å². The fourth-order valence-electron chi connectivity index (χ4n) is 13.0. The van der Waals surface area contributed by atoms with Gasteiger partial charge in [0, 0.05) is 0 Å². The van der Waals surface area contributed by atoms with Crippen molar-refractivity contribution in [2.75, 3.05) is 0 Å². The summed E-state index contributed by atoms with van der Waals surface area (Å²) in [7, 11) is 0. The van der Waals surface area contributed by atoms with Crippen LogP contribution in [0.3, 0.4) is 0 Å². The summed E-state index contributed by atoms with van der Waals surface area (Å²) >= 11 is -3.99. The molecule has 2 atom stereocenters. The van der Waals surface area contributed by atoms with Crippen LogP contribution in [0.4, 0.5) is 0 Å². The number of hydrogen-bond donors (Lipinski definition) is 0. The summed E-state index contributed by atoms with van der Waals surface area (Å²) in [6.45, 7) is 22.2. The Morgan fingerprint density at radius 2 is 0.833 bits per heavy atom. The van der Waals surface area contributed by atoms with Gasteiger partial charge in [-0.2, -0.15) is 0 Å². The van der Waals surface area contributed by atoms with Crippen LogP contribution >= 0.6 is 24.8 Å². The Balaban J connectivity index is 0.00000302. The van der Waals surface area contributed by atoms with E-state index in [1.165, 1.54) is 122 Å². The molecule has 0 amide bonds. The molecular weight excluding hydrogens is 863 g/mol. The van der Waals surface area contributed by atoms with Crippen LogP contribution in [0.2, 0.25) is 9.26 Å². The van der Waals surface area contributed by atoms with Gasteiger partial charge in [0.15, 0.2) is 0 Å². The Morgan fingerprint density at radius 1 is 0.500 bits per heavy atom. The zero-order chi connectivity index (χ0) is 41.3. The standard InChI is InChI=1S/2C27H33.2CH3.2ClH.H2Si.Zr/c2*1-26(2,3)25-14-7-6-12-23(25)22-13-10-11-21-17-20(18-24(21)22)19-27(4)15-8-5-9-16-27;;;;;;/h2*6-7,10-14,17-18H,5,8-9,15-16,19H2,1-4H3;2*1H3;2*1H;1H2;. The summed E-state index contributed by atoms with van der Waals surface area (Å²) in [6.07, 6.45) is 21.8. The van der Waals surface area contributed by atoms with Crippen molar-refractivity contribution in [2.24, 2.45) is 10.8 Å². The fraction of sp³-hybridized carbons (Fsp3) is 0.500. The van der Waals surface area contributed by atoms with Gasteiger partial charge in [-0.15, -0.1) is 24.8 Å². The SMILES string of the molecule is CC1(CC2=Cc3c(-c4ccccc4C(C)(C)C)cccc3[CH]2[Zr]([CH3])([CH3])(=[SiH2])[CH]2C(CC3(C)CCCCC3)=Cc3c(-c4ccccc4C(C)(C)C)cccc32)CCCCC1.Cl.Cl. The first-order chi connectivity index (χ1) is 27.3. The molecule has 2 unspecified atom stereocenters. The molecule has 0 bridgehead atoms. The van der Waals surface area contributed by atoms with E-state index in [0.29, 0.717) is 18.1 Å². The molecule has 4 aromatic carbocycles. The van der Waals surface area contributed by atoms with Gasteiger partial charge < -0.3 is 0 Å². The Kier molecular flexibility index (Phi) is 13.6. The van der Waals surface area contributed by atoms with Crippen LogP contribution in [-0.2, 0) is 28.2 Å². The van der Waals surface area contributed by atoms with Crippen LogP contribution in [0.1, 0.15) is 173 Å². The smallest absolute Gasteiger partial charge is 0.147 e. The van der Waals surface area contributed by atoms with Gasteiger partial charge in [0.2, 0.25) is 0 Å². The first-order valence-electron chi connectivity index (χ1n) is 23.2. The Labute approximate surface area is 380 Å². The average Bonchev–Trinajstić information content (AvgIpc) is 3.73. The minimum Gasteiger partial charge on any atom is -0.147 e. The van der Waals surface area contributed by atoms with Gasteiger partial charge in [-0.25, -0.2) is 0 Å². The van der Waals surface area contributed by atoms with Crippen LogP contribution in [0.25, 0.3) is 34.4 Å². The fourth-order valence-corrected chi connectivity index (χ4v) is 32.7. The van der Waals surface area contributed by atoms with E-state index in [2.05, 4.69) is 169 Å². The molecule has 0 N–H and O–H groups in total. The Hall–Kier alpha value is -1.96. The summed E-state index contributed by atoms with van der Waals surface area (Å²) in [6, 6.07) is 33.5. The van der Waals surface area contributed by atoms with E-state index >= 15 is 0 Å². The van der Waals surface area contributed by atoms with Crippen LogP contribution < -0.4 is 0 Å². The summed E-state index contributed by atoms with van der Waals surface area (Å²) in [4.78, 5) is 0. The Morgan fingerprint density at radius 3 is 1.18 bits per heavy atom. The normalized spacial score (nSPS) is 21.2. The first-order valence-corrected chi connectivity index (χ1v) is 36.9. The van der Waals surface area contributed by atoms with Gasteiger partial charge >= 0.3 is 359 Å². The molecule has 2 fully saturated rings. The number of fused-ring (bicyclic) bond motifs is 2. The molecule has 4 aliphatic rings. The molecule has 0 aliphatic heterocycles. The van der Waals surface area contributed by atoms with Crippen molar-refractivity contribution in [1.82, 2.24) is 0 Å². The number of benzene rings is 4. The minimum atomic E-state index is -3.99. The van der Waals surface area contributed by atoms with Crippen molar-refractivity contribution in [2.45, 2.75) is 160 Å².